The van der Waals surface area contributed by atoms with E-state index in [0.717, 1.165) is 86.6 Å². The highest BCUT2D eigenvalue weighted by molar-refractivity contribution is 14.1. The number of piperidine rings is 2. The van der Waals surface area contributed by atoms with E-state index < -0.39 is 0 Å². The van der Waals surface area contributed by atoms with E-state index in [0.29, 0.717) is 24.3 Å². The van der Waals surface area contributed by atoms with Crippen LogP contribution in [0.5, 0.6) is 0 Å². The molecule has 2 aliphatic heterocycles. The van der Waals surface area contributed by atoms with Crippen molar-refractivity contribution in [3.63, 3.8) is 0 Å². The highest BCUT2D eigenvalue weighted by Gasteiger charge is 2.51. The minimum absolute atomic E-state index is 0.117. The fourth-order valence-corrected chi connectivity index (χ4v) is 10.7. The second-order valence-corrected chi connectivity index (χ2v) is 20.0. The molecule has 1 aromatic heterocycles. The number of halogens is 1. The van der Waals surface area contributed by atoms with Gasteiger partial charge in [-0.15, -0.1) is 0 Å². The summed E-state index contributed by atoms with van der Waals surface area (Å²) < 4.78 is 0.763. The molecule has 3 heterocycles. The minimum Gasteiger partial charge on any atom is -0.338 e. The lowest BCUT2D eigenvalue weighted by molar-refractivity contribution is -0.310. The molecule has 0 atom stereocenters. The summed E-state index contributed by atoms with van der Waals surface area (Å²) in [6, 6.07) is 0.615. The molecule has 0 unspecified atom stereocenters. The number of hydroxylamine groups is 4. The zero-order valence-electron chi connectivity index (χ0n) is 35.0. The first-order valence-corrected chi connectivity index (χ1v) is 22.9. The van der Waals surface area contributed by atoms with Crippen molar-refractivity contribution in [1.29, 1.82) is 0 Å². The molecule has 2 saturated carbocycles. The highest BCUT2D eigenvalue weighted by Crippen LogP contribution is 2.45. The largest absolute Gasteiger partial charge is 0.338 e. The second kappa shape index (κ2) is 18.0. The van der Waals surface area contributed by atoms with E-state index in [1.807, 2.05) is 0 Å². The van der Waals surface area contributed by atoms with Crippen LogP contribution in [0, 0.1) is 0 Å². The fraction of sp³-hybridized carbons (Fsp3) is 0.929. The lowest BCUT2D eigenvalue weighted by Gasteiger charge is -2.57. The number of hydrogen-bond donors (Lipinski definition) is 0. The predicted molar refractivity (Wildman–Crippen MR) is 224 cm³/mol. The Morgan fingerprint density at radius 3 is 1.23 bits per heavy atom. The third kappa shape index (κ3) is 10.3. The SMILES string of the molecule is CCCCN(c1nc(CI)nc(N(CCCC)C2CC(C)(C)N(OC3CCCCC3)C(C)(C)C2)n1)C1CC(C)(C)N(OC2CCCCC2)C(C)(C)C1. The summed E-state index contributed by atoms with van der Waals surface area (Å²) in [6.07, 6.45) is 21.7. The van der Waals surface area contributed by atoms with Crippen molar-refractivity contribution in [3.8, 4) is 0 Å². The van der Waals surface area contributed by atoms with Crippen molar-refractivity contribution in [2.75, 3.05) is 22.9 Å². The van der Waals surface area contributed by atoms with Crippen LogP contribution in [0.2, 0.25) is 0 Å². The van der Waals surface area contributed by atoms with Crippen molar-refractivity contribution < 1.29 is 9.68 Å². The normalized spacial score (nSPS) is 25.0. The molecule has 5 rings (SSSR count). The number of alkyl halides is 1. The van der Waals surface area contributed by atoms with Crippen LogP contribution in [-0.2, 0) is 14.1 Å². The van der Waals surface area contributed by atoms with Crippen LogP contribution < -0.4 is 9.80 Å². The number of hydrogen-bond acceptors (Lipinski definition) is 9. The Morgan fingerprint density at radius 1 is 0.577 bits per heavy atom. The lowest BCUT2D eigenvalue weighted by atomic mass is 9.78. The quantitative estimate of drug-likeness (QED) is 0.127. The van der Waals surface area contributed by atoms with Gasteiger partial charge >= 0.3 is 0 Å². The van der Waals surface area contributed by atoms with Crippen LogP contribution in [0.4, 0.5) is 11.9 Å². The number of unbranched alkanes of at least 4 members (excludes halogenated alkanes) is 2. The first kappa shape index (κ1) is 42.3. The fourth-order valence-electron chi connectivity index (χ4n) is 10.3. The summed E-state index contributed by atoms with van der Waals surface area (Å²) in [5.41, 5.74) is -0.467. The number of anilines is 2. The Balaban J connectivity index is 1.45. The Hall–Kier alpha value is -0.820. The van der Waals surface area contributed by atoms with E-state index >= 15 is 0 Å². The molecular weight excluding hydrogens is 761 g/mol. The smallest absolute Gasteiger partial charge is 0.230 e. The van der Waals surface area contributed by atoms with E-state index in [9.17, 15) is 0 Å². The molecule has 0 bridgehead atoms. The Bertz CT molecular complexity index is 1140. The van der Waals surface area contributed by atoms with E-state index in [2.05, 4.69) is 112 Å². The average Bonchev–Trinajstić information content (AvgIpc) is 3.08. The van der Waals surface area contributed by atoms with Gasteiger partial charge in [0, 0.05) is 47.3 Å². The first-order chi connectivity index (χ1) is 24.6. The topological polar surface area (TPSA) is 70.1 Å². The van der Waals surface area contributed by atoms with Gasteiger partial charge in [-0.1, -0.05) is 87.8 Å². The predicted octanol–water partition coefficient (Wildman–Crippen LogP) is 10.6. The summed E-state index contributed by atoms with van der Waals surface area (Å²) in [4.78, 5) is 34.9. The molecule has 10 heteroatoms. The molecule has 0 N–H and O–H groups in total. The van der Waals surface area contributed by atoms with Gasteiger partial charge in [-0.05, 0) is 120 Å². The molecule has 0 spiro atoms. The van der Waals surface area contributed by atoms with Gasteiger partial charge in [-0.3, -0.25) is 9.68 Å². The summed E-state index contributed by atoms with van der Waals surface area (Å²) in [5.74, 6) is 2.61. The number of aromatic nitrogens is 3. The molecule has 2 aliphatic carbocycles. The van der Waals surface area contributed by atoms with Gasteiger partial charge in [0.2, 0.25) is 11.9 Å². The van der Waals surface area contributed by atoms with Crippen LogP contribution in [-0.4, -0.2) is 84.6 Å². The molecule has 4 fully saturated rings. The molecule has 1 aromatic rings. The molecule has 52 heavy (non-hydrogen) atoms. The van der Waals surface area contributed by atoms with Crippen LogP contribution in [0.1, 0.15) is 191 Å². The summed E-state index contributed by atoms with van der Waals surface area (Å²) >= 11 is 2.44. The minimum atomic E-state index is -0.117. The maximum Gasteiger partial charge on any atom is 0.230 e. The monoisotopic (exact) mass is 838 g/mol. The van der Waals surface area contributed by atoms with Gasteiger partial charge in [0.1, 0.15) is 5.82 Å². The maximum atomic E-state index is 6.91. The van der Waals surface area contributed by atoms with Gasteiger partial charge in [0.05, 0.1) is 16.6 Å². The van der Waals surface area contributed by atoms with Gasteiger partial charge < -0.3 is 9.80 Å². The molecule has 2 saturated heterocycles. The molecule has 4 aliphatic rings. The summed E-state index contributed by atoms with van der Waals surface area (Å²) in [5, 5.41) is 4.78. The van der Waals surface area contributed by atoms with Gasteiger partial charge in [-0.25, -0.2) is 0 Å². The average molecular weight is 838 g/mol. The Kier molecular flexibility index (Phi) is 14.6. The highest BCUT2D eigenvalue weighted by atomic mass is 127. The van der Waals surface area contributed by atoms with Gasteiger partial charge in [0.15, 0.2) is 0 Å². The van der Waals surface area contributed by atoms with E-state index in [1.165, 1.54) is 64.2 Å². The third-order valence-corrected chi connectivity index (χ3v) is 13.1. The van der Waals surface area contributed by atoms with E-state index in [4.69, 9.17) is 24.6 Å². The molecule has 0 amide bonds. The number of nitrogens with zero attached hydrogens (tertiary/aromatic N) is 7. The Labute approximate surface area is 332 Å². The molecular formula is C42H76IN7O2. The first-order valence-electron chi connectivity index (χ1n) is 21.4. The van der Waals surface area contributed by atoms with E-state index in [-0.39, 0.29) is 22.2 Å². The van der Waals surface area contributed by atoms with Crippen molar-refractivity contribution in [2.24, 2.45) is 0 Å². The zero-order valence-corrected chi connectivity index (χ0v) is 37.1. The molecule has 0 radical (unpaired) electrons. The van der Waals surface area contributed by atoms with Crippen molar-refractivity contribution in [1.82, 2.24) is 25.1 Å². The van der Waals surface area contributed by atoms with Crippen LogP contribution in [0.25, 0.3) is 0 Å². The lowest BCUT2D eigenvalue weighted by Crippen LogP contribution is -2.65. The standard InChI is InChI=1S/C42H76IN7O2/c1-11-13-25-47(32-27-39(3,4)49(40(5,6)28-32)51-34-21-17-15-18-22-34)37-44-36(31-43)45-38(46-37)48(26-14-12-2)33-29-41(7,8)50(42(9,10)30-33)52-35-23-19-16-20-24-35/h32-35H,11-31H2,1-10H3. The molecule has 0 aromatic carbocycles. The number of rotatable bonds is 15. The molecule has 298 valence electrons. The molecule has 9 nitrogen and oxygen atoms in total. The second-order valence-electron chi connectivity index (χ2n) is 19.3. The summed E-state index contributed by atoms with van der Waals surface area (Å²) in [6.45, 7) is 25.6. The third-order valence-electron chi connectivity index (χ3n) is 12.4. The van der Waals surface area contributed by atoms with E-state index in [1.54, 1.807) is 0 Å². The Morgan fingerprint density at radius 2 is 0.923 bits per heavy atom. The van der Waals surface area contributed by atoms with Gasteiger partial charge in [0.25, 0.3) is 0 Å². The van der Waals surface area contributed by atoms with Crippen LogP contribution in [0.15, 0.2) is 0 Å². The van der Waals surface area contributed by atoms with Crippen molar-refractivity contribution in [2.45, 2.75) is 236 Å². The van der Waals surface area contributed by atoms with Crippen LogP contribution in [0.3, 0.4) is 0 Å². The van der Waals surface area contributed by atoms with Crippen LogP contribution >= 0.6 is 22.6 Å². The maximum absolute atomic E-state index is 6.91. The van der Waals surface area contributed by atoms with Crippen molar-refractivity contribution in [3.05, 3.63) is 5.82 Å². The van der Waals surface area contributed by atoms with Crippen molar-refractivity contribution >= 4 is 34.5 Å². The van der Waals surface area contributed by atoms with Gasteiger partial charge in [-0.2, -0.15) is 25.1 Å². The zero-order chi connectivity index (χ0) is 37.7. The summed E-state index contributed by atoms with van der Waals surface area (Å²) in [7, 11) is 0.